The van der Waals surface area contributed by atoms with Crippen LogP contribution in [0.3, 0.4) is 0 Å². The van der Waals surface area contributed by atoms with E-state index < -0.39 is 11.6 Å². The van der Waals surface area contributed by atoms with Crippen LogP contribution in [-0.4, -0.2) is 16.2 Å². The number of hydrogen-bond donors (Lipinski definition) is 2. The summed E-state index contributed by atoms with van der Waals surface area (Å²) in [4.78, 5) is 12.5. The van der Waals surface area contributed by atoms with Gasteiger partial charge in [0.05, 0.1) is 5.56 Å². The van der Waals surface area contributed by atoms with Gasteiger partial charge in [0.2, 0.25) is 0 Å². The summed E-state index contributed by atoms with van der Waals surface area (Å²) in [6.07, 6.45) is 0. The molecule has 0 bridgehead atoms. The third kappa shape index (κ3) is 2.63. The Morgan fingerprint density at radius 3 is 1.89 bits per heavy atom. The summed E-state index contributed by atoms with van der Waals surface area (Å²) < 4.78 is 11.8. The number of phenols is 2. The molecule has 1 spiro atoms. The van der Waals surface area contributed by atoms with Gasteiger partial charge in [-0.05, 0) is 30.3 Å². The maximum absolute atomic E-state index is 12.5. The number of aromatic hydroxyl groups is 2. The van der Waals surface area contributed by atoms with Crippen LogP contribution in [0.2, 0.25) is 0 Å². The molecule has 0 unspecified atom stereocenters. The van der Waals surface area contributed by atoms with Crippen LogP contribution >= 0.6 is 0 Å². The first kappa shape index (κ1) is 19.6. The first-order chi connectivity index (χ1) is 12.1. The normalized spacial score (nSPS) is 14.6. The van der Waals surface area contributed by atoms with E-state index in [9.17, 15) is 15.0 Å². The molecule has 0 aromatic heterocycles. The van der Waals surface area contributed by atoms with E-state index in [-0.39, 0.29) is 52.3 Å². The number of carbonyl (C=O) groups excluding carboxylic acids is 1. The summed E-state index contributed by atoms with van der Waals surface area (Å²) in [5.74, 6) is 0.408. The van der Waals surface area contributed by atoms with Crippen LogP contribution in [-0.2, 0) is 51.2 Å². The fourth-order valence-corrected chi connectivity index (χ4v) is 3.65. The van der Waals surface area contributed by atoms with E-state index in [1.54, 1.807) is 24.3 Å². The fraction of sp³-hybridized carbons (Fsp3) is 0.0500. The zero-order chi connectivity index (χ0) is 17.2. The summed E-state index contributed by atoms with van der Waals surface area (Å²) in [6, 6.07) is 16.6. The van der Waals surface area contributed by atoms with E-state index in [0.717, 1.165) is 0 Å². The van der Waals surface area contributed by atoms with Crippen molar-refractivity contribution < 1.29 is 65.3 Å². The number of ether oxygens (including phenoxy) is 2. The van der Waals surface area contributed by atoms with Gasteiger partial charge < -0.3 is 19.7 Å². The standard InChI is InChI=1S/C20H12O5.2Re/c21-11-5-7-15-17(9-11)24-18-10-12(22)6-8-16(18)20(15)14-4-2-1-3-13(14)19(23)25-20;;/h1-10,21-22H;;. The molecule has 0 atom stereocenters. The van der Waals surface area contributed by atoms with Crippen molar-refractivity contribution in [2.24, 2.45) is 0 Å². The number of esters is 1. The Balaban J connectivity index is 0.00000105. The van der Waals surface area contributed by atoms with Crippen LogP contribution in [0, 0.1) is 0 Å². The van der Waals surface area contributed by atoms with Crippen LogP contribution < -0.4 is 4.74 Å². The molecule has 2 aliphatic rings. The topological polar surface area (TPSA) is 76.0 Å². The molecule has 0 saturated heterocycles. The SMILES string of the molecule is O=C1OC2(c3ccc(O)cc3Oc3cc(O)ccc32)c2ccccc21.[Re].[Re]. The summed E-state index contributed by atoms with van der Waals surface area (Å²) >= 11 is 0. The molecule has 0 fully saturated rings. The van der Waals surface area contributed by atoms with Gasteiger partial charge in [0, 0.05) is 69.7 Å². The van der Waals surface area contributed by atoms with Gasteiger partial charge in [-0.25, -0.2) is 4.79 Å². The Bertz CT molecular complexity index is 1010. The molecular weight excluding hydrogens is 693 g/mol. The van der Waals surface area contributed by atoms with Crippen molar-refractivity contribution in [1.29, 1.82) is 0 Å². The maximum Gasteiger partial charge on any atom is 0.340 e. The molecule has 136 valence electrons. The van der Waals surface area contributed by atoms with Crippen molar-refractivity contribution in [2.75, 3.05) is 0 Å². The molecule has 2 radical (unpaired) electrons. The van der Waals surface area contributed by atoms with Gasteiger partial charge in [0.1, 0.15) is 23.0 Å². The number of rotatable bonds is 0. The van der Waals surface area contributed by atoms with Gasteiger partial charge in [-0.2, -0.15) is 0 Å². The Labute approximate surface area is 182 Å². The van der Waals surface area contributed by atoms with Gasteiger partial charge >= 0.3 is 5.97 Å². The van der Waals surface area contributed by atoms with Crippen molar-refractivity contribution in [2.45, 2.75) is 5.60 Å². The van der Waals surface area contributed by atoms with E-state index in [0.29, 0.717) is 33.8 Å². The molecule has 2 aliphatic heterocycles. The van der Waals surface area contributed by atoms with Crippen molar-refractivity contribution in [3.63, 3.8) is 0 Å². The Hall–Kier alpha value is -2.15. The number of benzene rings is 3. The molecule has 5 rings (SSSR count). The van der Waals surface area contributed by atoms with Gasteiger partial charge in [0.25, 0.3) is 0 Å². The first-order valence-electron chi connectivity index (χ1n) is 7.77. The maximum atomic E-state index is 12.5. The summed E-state index contributed by atoms with van der Waals surface area (Å²) in [7, 11) is 0. The fourth-order valence-electron chi connectivity index (χ4n) is 3.65. The summed E-state index contributed by atoms with van der Waals surface area (Å²) in [5, 5.41) is 19.7. The minimum absolute atomic E-state index is 0. The smallest absolute Gasteiger partial charge is 0.340 e. The zero-order valence-corrected chi connectivity index (χ0v) is 19.1. The van der Waals surface area contributed by atoms with Crippen molar-refractivity contribution in [3.05, 3.63) is 82.9 Å². The monoisotopic (exact) mass is 706 g/mol. The average molecular weight is 705 g/mol. The minimum Gasteiger partial charge on any atom is -0.508 e. The van der Waals surface area contributed by atoms with Crippen LogP contribution in [0.15, 0.2) is 60.7 Å². The number of carbonyl (C=O) groups is 1. The molecule has 2 N–H and O–H groups in total. The van der Waals surface area contributed by atoms with Gasteiger partial charge in [-0.3, -0.25) is 0 Å². The van der Waals surface area contributed by atoms with Crippen LogP contribution in [0.4, 0.5) is 0 Å². The molecule has 3 aromatic carbocycles. The van der Waals surface area contributed by atoms with Crippen LogP contribution in [0.25, 0.3) is 0 Å². The van der Waals surface area contributed by atoms with E-state index in [1.807, 2.05) is 12.1 Å². The van der Waals surface area contributed by atoms with Gasteiger partial charge in [0.15, 0.2) is 5.60 Å². The second kappa shape index (κ2) is 6.78. The first-order valence-corrected chi connectivity index (χ1v) is 7.77. The van der Waals surface area contributed by atoms with Gasteiger partial charge in [-0.1, -0.05) is 18.2 Å². The van der Waals surface area contributed by atoms with Gasteiger partial charge in [-0.15, -0.1) is 0 Å². The quantitative estimate of drug-likeness (QED) is 0.350. The number of phenolic OH excluding ortho intramolecular Hbond substituents is 2. The van der Waals surface area contributed by atoms with Crippen molar-refractivity contribution in [1.82, 2.24) is 0 Å². The molecule has 0 saturated carbocycles. The van der Waals surface area contributed by atoms with E-state index in [2.05, 4.69) is 0 Å². The van der Waals surface area contributed by atoms with Crippen molar-refractivity contribution >= 4 is 5.97 Å². The Kier molecular flexibility index (Phi) is 4.93. The Morgan fingerprint density at radius 1 is 0.741 bits per heavy atom. The molecule has 3 aromatic rings. The molecule has 0 aliphatic carbocycles. The third-order valence-electron chi connectivity index (χ3n) is 4.68. The average Bonchev–Trinajstić information content (AvgIpc) is 2.88. The van der Waals surface area contributed by atoms with Crippen LogP contribution in [0.1, 0.15) is 27.0 Å². The molecule has 0 amide bonds. The zero-order valence-electron chi connectivity index (χ0n) is 13.6. The minimum atomic E-state index is -1.17. The molecule has 5 nitrogen and oxygen atoms in total. The number of fused-ring (bicyclic) bond motifs is 6. The number of hydrogen-bond acceptors (Lipinski definition) is 5. The predicted molar refractivity (Wildman–Crippen MR) is 88.0 cm³/mol. The second-order valence-corrected chi connectivity index (χ2v) is 6.08. The summed E-state index contributed by atoms with van der Waals surface area (Å²) in [5.41, 5.74) is 1.28. The molecule has 2 heterocycles. The van der Waals surface area contributed by atoms with E-state index >= 15 is 0 Å². The Morgan fingerprint density at radius 2 is 1.30 bits per heavy atom. The predicted octanol–water partition coefficient (Wildman–Crippen LogP) is 3.66. The third-order valence-corrected chi connectivity index (χ3v) is 4.68. The molecule has 7 heteroatoms. The molecule has 27 heavy (non-hydrogen) atoms. The summed E-state index contributed by atoms with van der Waals surface area (Å²) in [6.45, 7) is 0. The van der Waals surface area contributed by atoms with Crippen molar-refractivity contribution in [3.8, 4) is 23.0 Å². The molecular formula is C20H12O5Re2. The van der Waals surface area contributed by atoms with E-state index in [4.69, 9.17) is 9.47 Å². The largest absolute Gasteiger partial charge is 0.508 e. The van der Waals surface area contributed by atoms with Crippen LogP contribution in [0.5, 0.6) is 23.0 Å². The second-order valence-electron chi connectivity index (χ2n) is 6.08. The van der Waals surface area contributed by atoms with E-state index in [1.165, 1.54) is 24.3 Å².